The van der Waals surface area contributed by atoms with E-state index < -0.39 is 5.82 Å². The zero-order valence-corrected chi connectivity index (χ0v) is 17.0. The van der Waals surface area contributed by atoms with Crippen molar-refractivity contribution < 1.29 is 18.7 Å². The number of benzene rings is 2. The Morgan fingerprint density at radius 3 is 2.66 bits per heavy atom. The molecule has 3 rings (SSSR count). The lowest BCUT2D eigenvalue weighted by Gasteiger charge is -2.02. The lowest BCUT2D eigenvalue weighted by atomic mass is 10.2. The maximum Gasteiger partial charge on any atom is 0.244 e. The zero-order valence-electron chi connectivity index (χ0n) is 16.1. The Morgan fingerprint density at radius 2 is 1.97 bits per heavy atom. The molecule has 0 aliphatic rings. The number of amides is 1. The SMILES string of the molecule is COc1ccc(-c2csc(CCNC(=O)C=Cc3ccc(OC)c(F)c3)n2)cc1. The van der Waals surface area contributed by atoms with Crippen LogP contribution in [0.15, 0.2) is 53.9 Å². The smallest absolute Gasteiger partial charge is 0.244 e. The third kappa shape index (κ3) is 5.65. The first kappa shape index (κ1) is 20.5. The van der Waals surface area contributed by atoms with Gasteiger partial charge in [0.1, 0.15) is 5.75 Å². The van der Waals surface area contributed by atoms with Gasteiger partial charge in [-0.15, -0.1) is 11.3 Å². The molecule has 7 heteroatoms. The van der Waals surface area contributed by atoms with E-state index in [4.69, 9.17) is 9.47 Å². The predicted molar refractivity (Wildman–Crippen MR) is 113 cm³/mol. The highest BCUT2D eigenvalue weighted by Crippen LogP contribution is 2.24. The Balaban J connectivity index is 1.49. The number of methoxy groups -OCH3 is 2. The molecule has 1 N–H and O–H groups in total. The van der Waals surface area contributed by atoms with Gasteiger partial charge >= 0.3 is 0 Å². The van der Waals surface area contributed by atoms with E-state index in [0.717, 1.165) is 22.0 Å². The summed E-state index contributed by atoms with van der Waals surface area (Å²) >= 11 is 1.56. The van der Waals surface area contributed by atoms with Crippen molar-refractivity contribution in [3.05, 3.63) is 70.3 Å². The molecule has 29 heavy (non-hydrogen) atoms. The first-order valence-electron chi connectivity index (χ1n) is 8.97. The summed E-state index contributed by atoms with van der Waals surface area (Å²) in [6.07, 6.45) is 3.58. The van der Waals surface area contributed by atoms with Crippen LogP contribution >= 0.6 is 11.3 Å². The lowest BCUT2D eigenvalue weighted by Crippen LogP contribution is -2.23. The van der Waals surface area contributed by atoms with Gasteiger partial charge in [-0.3, -0.25) is 4.79 Å². The Bertz CT molecular complexity index is 1000. The molecular formula is C22H21FN2O3S. The lowest BCUT2D eigenvalue weighted by molar-refractivity contribution is -0.116. The second kappa shape index (κ2) is 9.84. The number of carbonyl (C=O) groups excluding carboxylic acids is 1. The summed E-state index contributed by atoms with van der Waals surface area (Å²) in [6, 6.07) is 12.3. The molecule has 1 heterocycles. The minimum absolute atomic E-state index is 0.170. The molecule has 0 atom stereocenters. The molecule has 5 nitrogen and oxygen atoms in total. The molecule has 2 aromatic carbocycles. The number of carbonyl (C=O) groups is 1. The third-order valence-corrected chi connectivity index (χ3v) is 5.09. The number of ether oxygens (including phenoxy) is 2. The molecule has 0 bridgehead atoms. The Hall–Kier alpha value is -3.19. The van der Waals surface area contributed by atoms with Crippen LogP contribution < -0.4 is 14.8 Å². The van der Waals surface area contributed by atoms with E-state index in [1.807, 2.05) is 29.6 Å². The number of hydrogen-bond acceptors (Lipinski definition) is 5. The monoisotopic (exact) mass is 412 g/mol. The van der Waals surface area contributed by atoms with Gasteiger partial charge in [0, 0.05) is 30.0 Å². The molecular weight excluding hydrogens is 391 g/mol. The van der Waals surface area contributed by atoms with Crippen molar-refractivity contribution in [3.8, 4) is 22.8 Å². The minimum atomic E-state index is -0.466. The average molecular weight is 412 g/mol. The summed E-state index contributed by atoms with van der Waals surface area (Å²) in [4.78, 5) is 16.6. The van der Waals surface area contributed by atoms with Crippen LogP contribution in [0.2, 0.25) is 0 Å². The van der Waals surface area contributed by atoms with E-state index in [1.54, 1.807) is 30.6 Å². The summed E-state index contributed by atoms with van der Waals surface area (Å²) in [6.45, 7) is 0.468. The number of aromatic nitrogens is 1. The fourth-order valence-electron chi connectivity index (χ4n) is 2.63. The molecule has 0 unspecified atom stereocenters. The molecule has 3 aromatic rings. The normalized spacial score (nSPS) is 10.9. The van der Waals surface area contributed by atoms with Crippen LogP contribution in [0.5, 0.6) is 11.5 Å². The van der Waals surface area contributed by atoms with Crippen molar-refractivity contribution in [2.45, 2.75) is 6.42 Å². The fraction of sp³-hybridized carbons (Fsp3) is 0.182. The van der Waals surface area contributed by atoms with Crippen LogP contribution in [0.25, 0.3) is 17.3 Å². The highest BCUT2D eigenvalue weighted by Gasteiger charge is 2.06. The molecule has 150 valence electrons. The van der Waals surface area contributed by atoms with Gasteiger partial charge in [0.05, 0.1) is 24.9 Å². The summed E-state index contributed by atoms with van der Waals surface area (Å²) in [7, 11) is 3.04. The van der Waals surface area contributed by atoms with Crippen molar-refractivity contribution in [3.63, 3.8) is 0 Å². The molecule has 0 saturated heterocycles. The highest BCUT2D eigenvalue weighted by molar-refractivity contribution is 7.09. The van der Waals surface area contributed by atoms with Gasteiger partial charge in [-0.2, -0.15) is 0 Å². The number of thiazole rings is 1. The van der Waals surface area contributed by atoms with E-state index >= 15 is 0 Å². The summed E-state index contributed by atoms with van der Waals surface area (Å²) in [5.41, 5.74) is 2.51. The second-order valence-electron chi connectivity index (χ2n) is 6.12. The summed E-state index contributed by atoms with van der Waals surface area (Å²) in [5, 5.41) is 5.75. The Morgan fingerprint density at radius 1 is 1.17 bits per heavy atom. The third-order valence-electron chi connectivity index (χ3n) is 4.18. The van der Waals surface area contributed by atoms with Crippen LogP contribution in [0.1, 0.15) is 10.6 Å². The number of nitrogens with one attached hydrogen (secondary N) is 1. The second-order valence-corrected chi connectivity index (χ2v) is 7.07. The van der Waals surface area contributed by atoms with Crippen LogP contribution in [0.4, 0.5) is 4.39 Å². The number of rotatable bonds is 8. The largest absolute Gasteiger partial charge is 0.497 e. The summed E-state index contributed by atoms with van der Waals surface area (Å²) < 4.78 is 23.7. The van der Waals surface area contributed by atoms with Gasteiger partial charge in [0.15, 0.2) is 11.6 Å². The van der Waals surface area contributed by atoms with Crippen molar-refractivity contribution in [1.29, 1.82) is 0 Å². The molecule has 0 aliphatic heterocycles. The minimum Gasteiger partial charge on any atom is -0.497 e. The first-order valence-corrected chi connectivity index (χ1v) is 9.85. The topological polar surface area (TPSA) is 60.5 Å². The van der Waals surface area contributed by atoms with Crippen LogP contribution in [0, 0.1) is 5.82 Å². The fourth-order valence-corrected chi connectivity index (χ4v) is 3.44. The Labute approximate surface area is 172 Å². The molecule has 0 saturated carbocycles. The number of nitrogens with zero attached hydrogens (tertiary/aromatic N) is 1. The van der Waals surface area contributed by atoms with E-state index in [1.165, 1.54) is 25.3 Å². The summed E-state index contributed by atoms with van der Waals surface area (Å²) in [5.74, 6) is 0.265. The number of hydrogen-bond donors (Lipinski definition) is 1. The maximum absolute atomic E-state index is 13.7. The highest BCUT2D eigenvalue weighted by atomic mass is 32.1. The van der Waals surface area contributed by atoms with Gasteiger partial charge in [0.25, 0.3) is 0 Å². The Kier molecular flexibility index (Phi) is 6.97. The van der Waals surface area contributed by atoms with Crippen LogP contribution in [-0.4, -0.2) is 31.7 Å². The van der Waals surface area contributed by atoms with Gasteiger partial charge < -0.3 is 14.8 Å². The van der Waals surface area contributed by atoms with Crippen molar-refractivity contribution in [2.24, 2.45) is 0 Å². The molecule has 0 radical (unpaired) electrons. The maximum atomic E-state index is 13.7. The van der Waals surface area contributed by atoms with Gasteiger partial charge in [-0.05, 0) is 48.0 Å². The van der Waals surface area contributed by atoms with E-state index in [-0.39, 0.29) is 11.7 Å². The van der Waals surface area contributed by atoms with Crippen molar-refractivity contribution in [1.82, 2.24) is 10.3 Å². The first-order chi connectivity index (χ1) is 14.1. The standard InChI is InChI=1S/C22H21FN2O3S/c1-27-17-7-5-16(6-8-17)19-14-29-22(25-19)11-12-24-21(26)10-4-15-3-9-20(28-2)18(23)13-15/h3-10,13-14H,11-12H2,1-2H3,(H,24,26). The average Bonchev–Trinajstić information content (AvgIpc) is 3.21. The molecule has 0 fully saturated rings. The predicted octanol–water partition coefficient (Wildman–Crippen LogP) is 4.34. The van der Waals surface area contributed by atoms with Crippen LogP contribution in [0.3, 0.4) is 0 Å². The van der Waals surface area contributed by atoms with Crippen LogP contribution in [-0.2, 0) is 11.2 Å². The molecule has 1 aromatic heterocycles. The molecule has 1 amide bonds. The molecule has 0 spiro atoms. The molecule has 0 aliphatic carbocycles. The zero-order chi connectivity index (χ0) is 20.6. The van der Waals surface area contributed by atoms with Crippen molar-refractivity contribution in [2.75, 3.05) is 20.8 Å². The van der Waals surface area contributed by atoms with E-state index in [9.17, 15) is 9.18 Å². The number of halogens is 1. The van der Waals surface area contributed by atoms with Gasteiger partial charge in [-0.25, -0.2) is 9.37 Å². The van der Waals surface area contributed by atoms with Gasteiger partial charge in [0.2, 0.25) is 5.91 Å². The quantitative estimate of drug-likeness (QED) is 0.559. The van der Waals surface area contributed by atoms with Crippen molar-refractivity contribution >= 4 is 23.3 Å². The van der Waals surface area contributed by atoms with E-state index in [0.29, 0.717) is 18.5 Å². The van der Waals surface area contributed by atoms with Gasteiger partial charge in [-0.1, -0.05) is 6.07 Å². The van der Waals surface area contributed by atoms with E-state index in [2.05, 4.69) is 10.3 Å².